The molecule has 5 amide bonds. The number of terminal acetylenes is 1. The SMILES string of the molecule is C#CCN1CCN(c2nc(NCCCCCCC(=O)N[C@H](C(=O)N3C[C@H](O)C[C@H]3C(=O)NCc3ccc(-c4scnc4C)cc3)C(C)(C)C)nc(N(C)CCC(=O)NC3CC3)n2)CC1=O. The average Bonchev–Trinajstić information content (AvgIpc) is 3.84. The summed E-state index contributed by atoms with van der Waals surface area (Å²) in [5.41, 5.74) is 4.07. The average molecular weight is 913 g/mol. The molecule has 5 N–H and O–H groups in total. The van der Waals surface area contributed by atoms with Crippen molar-refractivity contribution >= 4 is 58.7 Å². The minimum atomic E-state index is -0.901. The highest BCUT2D eigenvalue weighted by molar-refractivity contribution is 7.13. The number of likely N-dealkylation sites (tertiary alicyclic amines) is 1. The fourth-order valence-corrected chi connectivity index (χ4v) is 8.59. The number of piperazine rings is 1. The molecule has 2 aromatic heterocycles. The Balaban J connectivity index is 0.960. The van der Waals surface area contributed by atoms with Gasteiger partial charge in [0.2, 0.25) is 47.4 Å². The van der Waals surface area contributed by atoms with Crippen molar-refractivity contribution in [3.8, 4) is 22.8 Å². The number of rotatable bonds is 21. The van der Waals surface area contributed by atoms with Crippen molar-refractivity contribution in [1.29, 1.82) is 0 Å². The largest absolute Gasteiger partial charge is 0.391 e. The molecule has 0 radical (unpaired) electrons. The fourth-order valence-electron chi connectivity index (χ4n) is 7.78. The number of nitrogens with zero attached hydrogens (tertiary/aromatic N) is 8. The highest BCUT2D eigenvalue weighted by atomic mass is 32.1. The summed E-state index contributed by atoms with van der Waals surface area (Å²) < 4.78 is 0. The summed E-state index contributed by atoms with van der Waals surface area (Å²) in [5, 5.41) is 22.8. The van der Waals surface area contributed by atoms with Gasteiger partial charge in [-0.2, -0.15) is 15.0 Å². The zero-order valence-corrected chi connectivity index (χ0v) is 39.1. The number of aliphatic hydroxyl groups is 1. The lowest BCUT2D eigenvalue weighted by molar-refractivity contribution is -0.144. The van der Waals surface area contributed by atoms with Crippen molar-refractivity contribution < 1.29 is 29.1 Å². The van der Waals surface area contributed by atoms with Crippen LogP contribution in [0.5, 0.6) is 0 Å². The lowest BCUT2D eigenvalue weighted by Gasteiger charge is -2.35. The Morgan fingerprint density at radius 1 is 1.02 bits per heavy atom. The third-order valence-electron chi connectivity index (χ3n) is 11.8. The highest BCUT2D eigenvalue weighted by Crippen LogP contribution is 2.29. The van der Waals surface area contributed by atoms with Gasteiger partial charge in [0, 0.05) is 71.6 Å². The maximum Gasteiger partial charge on any atom is 0.246 e. The van der Waals surface area contributed by atoms with E-state index in [1.807, 2.05) is 64.5 Å². The van der Waals surface area contributed by atoms with Crippen LogP contribution in [0.1, 0.15) is 89.8 Å². The predicted molar refractivity (Wildman–Crippen MR) is 250 cm³/mol. The molecule has 3 aliphatic rings. The number of aromatic nitrogens is 4. The molecule has 1 saturated carbocycles. The standard InChI is InChI=1S/C46H64N12O6S/c1-7-21-56-23-24-57(28-38(56)62)45-53-43(52-44(54-45)55(6)22-19-37(61)50-33-17-18-33)47-20-11-9-8-10-12-36(60)51-40(46(3,4)5)42(64)58-27-34(59)25-35(58)41(63)48-26-31-13-15-32(16-14-31)39-30(2)49-29-65-39/h1,13-16,29,33-35,40,59H,8-12,17-28H2,2-6H3,(H,48,63)(H,50,61)(H,51,60)(H,47,52,53,54)/t34-,35+,40-/m1/s1. The summed E-state index contributed by atoms with van der Waals surface area (Å²) >= 11 is 1.57. The Bertz CT molecular complexity index is 2180. The maximum absolute atomic E-state index is 14.1. The van der Waals surface area contributed by atoms with E-state index >= 15 is 0 Å². The van der Waals surface area contributed by atoms with Crippen LogP contribution in [0.2, 0.25) is 0 Å². The van der Waals surface area contributed by atoms with E-state index in [4.69, 9.17) is 6.42 Å². The normalized spacial score (nSPS) is 17.9. The van der Waals surface area contributed by atoms with Crippen molar-refractivity contribution in [3.05, 3.63) is 41.0 Å². The van der Waals surface area contributed by atoms with Gasteiger partial charge in [-0.1, -0.05) is 63.8 Å². The fraction of sp³-hybridized carbons (Fsp3) is 0.587. The minimum Gasteiger partial charge on any atom is -0.391 e. The monoisotopic (exact) mass is 912 g/mol. The van der Waals surface area contributed by atoms with Crippen molar-refractivity contribution in [2.24, 2.45) is 5.41 Å². The van der Waals surface area contributed by atoms with Gasteiger partial charge in [-0.05, 0) is 49.1 Å². The van der Waals surface area contributed by atoms with E-state index in [2.05, 4.69) is 47.1 Å². The van der Waals surface area contributed by atoms with Crippen molar-refractivity contribution in [3.63, 3.8) is 0 Å². The second kappa shape index (κ2) is 22.4. The molecule has 3 atom stereocenters. The molecule has 1 aliphatic carbocycles. The maximum atomic E-state index is 14.1. The van der Waals surface area contributed by atoms with E-state index in [0.29, 0.717) is 56.9 Å². The van der Waals surface area contributed by atoms with Crippen LogP contribution in [0.4, 0.5) is 17.8 Å². The number of carbonyl (C=O) groups excluding carboxylic acids is 5. The van der Waals surface area contributed by atoms with Gasteiger partial charge in [0.05, 0.1) is 28.7 Å². The molecule has 0 unspecified atom stereocenters. The molecule has 3 aromatic rings. The molecular formula is C46H64N12O6S. The first-order valence-corrected chi connectivity index (χ1v) is 23.5. The number of anilines is 3. The van der Waals surface area contributed by atoms with Crippen LogP contribution in [0.15, 0.2) is 29.8 Å². The predicted octanol–water partition coefficient (Wildman–Crippen LogP) is 2.86. The van der Waals surface area contributed by atoms with Crippen LogP contribution in [0.25, 0.3) is 10.4 Å². The molecule has 2 saturated heterocycles. The summed E-state index contributed by atoms with van der Waals surface area (Å²) in [6.45, 7) is 10.1. The number of hydrogen-bond donors (Lipinski definition) is 5. The second-order valence-electron chi connectivity index (χ2n) is 18.2. The number of unbranched alkanes of at least 4 members (excludes halogenated alkanes) is 3. The third-order valence-corrected chi connectivity index (χ3v) is 12.8. The van der Waals surface area contributed by atoms with Gasteiger partial charge < -0.3 is 46.0 Å². The molecule has 2 aliphatic heterocycles. The van der Waals surface area contributed by atoms with Gasteiger partial charge in [-0.3, -0.25) is 24.0 Å². The Hall–Kier alpha value is -5.87. The molecule has 4 heterocycles. The molecule has 65 heavy (non-hydrogen) atoms. The van der Waals surface area contributed by atoms with Crippen LogP contribution in [-0.4, -0.2) is 141 Å². The molecule has 0 bridgehead atoms. The van der Waals surface area contributed by atoms with Crippen molar-refractivity contribution in [2.75, 3.05) is 68.0 Å². The first kappa shape index (κ1) is 48.6. The number of thiazole rings is 1. The van der Waals surface area contributed by atoms with E-state index < -0.39 is 29.5 Å². The molecule has 6 rings (SSSR count). The van der Waals surface area contributed by atoms with Crippen LogP contribution in [0, 0.1) is 24.7 Å². The summed E-state index contributed by atoms with van der Waals surface area (Å²) in [7, 11) is 1.82. The first-order chi connectivity index (χ1) is 31.1. The number of hydrogen-bond acceptors (Lipinski definition) is 14. The third kappa shape index (κ3) is 13.8. The molecular weight excluding hydrogens is 849 g/mol. The van der Waals surface area contributed by atoms with E-state index in [1.165, 1.54) is 4.90 Å². The number of benzene rings is 1. The summed E-state index contributed by atoms with van der Waals surface area (Å²) in [4.78, 5) is 92.0. The Morgan fingerprint density at radius 3 is 2.45 bits per heavy atom. The zero-order valence-electron chi connectivity index (χ0n) is 38.3. The molecule has 3 fully saturated rings. The van der Waals surface area contributed by atoms with Crippen LogP contribution in [-0.2, 0) is 30.5 Å². The zero-order chi connectivity index (χ0) is 46.7. The number of amides is 5. The topological polar surface area (TPSA) is 218 Å². The number of aliphatic hydroxyl groups excluding tert-OH is 1. The van der Waals surface area contributed by atoms with Crippen molar-refractivity contribution in [1.82, 2.24) is 45.7 Å². The quantitative estimate of drug-likeness (QED) is 0.0769. The highest BCUT2D eigenvalue weighted by Gasteiger charge is 2.44. The number of β-amino-alcohol motifs (C(OH)–C–C–N with tert-alkyl or cyclic N) is 1. The van der Waals surface area contributed by atoms with E-state index in [-0.39, 0.29) is 68.7 Å². The van der Waals surface area contributed by atoms with Gasteiger partial charge >= 0.3 is 0 Å². The molecule has 18 nitrogen and oxygen atoms in total. The minimum absolute atomic E-state index is 0.00303. The Kier molecular flexibility index (Phi) is 16.7. The number of aryl methyl sites for hydroxylation is 1. The van der Waals surface area contributed by atoms with E-state index in [0.717, 1.165) is 53.8 Å². The molecule has 19 heteroatoms. The number of nitrogens with one attached hydrogen (secondary N) is 4. The summed E-state index contributed by atoms with van der Waals surface area (Å²) in [5.74, 6) is 2.49. The Morgan fingerprint density at radius 2 is 1.77 bits per heavy atom. The van der Waals surface area contributed by atoms with Gasteiger partial charge in [0.15, 0.2) is 0 Å². The Labute approximate surface area is 385 Å². The lowest BCUT2D eigenvalue weighted by atomic mass is 9.85. The van der Waals surface area contributed by atoms with Gasteiger partial charge in [-0.25, -0.2) is 4.98 Å². The molecule has 1 aromatic carbocycles. The summed E-state index contributed by atoms with van der Waals surface area (Å²) in [6.07, 6.45) is 10.2. The van der Waals surface area contributed by atoms with Crippen LogP contribution >= 0.6 is 11.3 Å². The first-order valence-electron chi connectivity index (χ1n) is 22.6. The van der Waals surface area contributed by atoms with Crippen molar-refractivity contribution in [2.45, 2.75) is 116 Å². The number of carbonyl (C=O) groups is 5. The molecule has 350 valence electrons. The van der Waals surface area contributed by atoms with E-state index in [9.17, 15) is 29.1 Å². The van der Waals surface area contributed by atoms with E-state index in [1.54, 1.807) is 26.0 Å². The van der Waals surface area contributed by atoms with Gasteiger partial charge in [0.25, 0.3) is 0 Å². The second-order valence-corrected chi connectivity index (χ2v) is 19.1. The van der Waals surface area contributed by atoms with Gasteiger partial charge in [-0.15, -0.1) is 17.8 Å². The summed E-state index contributed by atoms with van der Waals surface area (Å²) in [6, 6.07) is 6.40. The van der Waals surface area contributed by atoms with Gasteiger partial charge in [0.1, 0.15) is 18.6 Å². The van der Waals surface area contributed by atoms with Crippen LogP contribution in [0.3, 0.4) is 0 Å². The smallest absolute Gasteiger partial charge is 0.246 e. The lowest BCUT2D eigenvalue weighted by Crippen LogP contribution is -2.57. The molecule has 0 spiro atoms. The van der Waals surface area contributed by atoms with Crippen LogP contribution < -0.4 is 31.1 Å².